The first-order valence-corrected chi connectivity index (χ1v) is 6.35. The average Bonchev–Trinajstić information content (AvgIpc) is 2.21. The molecule has 0 aliphatic rings. The van der Waals surface area contributed by atoms with E-state index in [2.05, 4.69) is 28.8 Å². The second kappa shape index (κ2) is 5.42. The van der Waals surface area contributed by atoms with Crippen molar-refractivity contribution in [2.24, 2.45) is 0 Å². The number of aryl methyl sites for hydroxylation is 2. The number of carbonyl (C=O) groups is 1. The summed E-state index contributed by atoms with van der Waals surface area (Å²) in [6.07, 6.45) is 0. The zero-order chi connectivity index (χ0) is 13.9. The van der Waals surface area contributed by atoms with Gasteiger partial charge in [0.1, 0.15) is 6.04 Å². The molecular weight excluding hydrogens is 224 g/mol. The number of hydrogen-bond donors (Lipinski definition) is 2. The second-order valence-corrected chi connectivity index (χ2v) is 5.92. The first-order chi connectivity index (χ1) is 8.19. The van der Waals surface area contributed by atoms with E-state index in [1.165, 1.54) is 5.56 Å². The van der Waals surface area contributed by atoms with Gasteiger partial charge in [-0.1, -0.05) is 12.1 Å². The third-order valence-electron chi connectivity index (χ3n) is 2.66. The number of amides is 1. The predicted molar refractivity (Wildman–Crippen MR) is 76.9 cm³/mol. The molecule has 0 bridgehead atoms. The molecule has 1 aromatic carbocycles. The van der Waals surface area contributed by atoms with Gasteiger partial charge in [0.05, 0.1) is 0 Å². The van der Waals surface area contributed by atoms with Crippen molar-refractivity contribution < 1.29 is 4.79 Å². The Kier molecular flexibility index (Phi) is 4.38. The van der Waals surface area contributed by atoms with Gasteiger partial charge in [-0.3, -0.25) is 4.79 Å². The van der Waals surface area contributed by atoms with E-state index in [1.54, 1.807) is 0 Å². The zero-order valence-electron chi connectivity index (χ0n) is 12.2. The van der Waals surface area contributed by atoms with Gasteiger partial charge in [-0.2, -0.15) is 0 Å². The number of carbonyl (C=O) groups excluding carboxylic acids is 1. The third kappa shape index (κ3) is 4.40. The maximum atomic E-state index is 12.0. The molecule has 0 unspecified atom stereocenters. The fraction of sp³-hybridized carbons (Fsp3) is 0.533. The summed E-state index contributed by atoms with van der Waals surface area (Å²) < 4.78 is 0. The summed E-state index contributed by atoms with van der Waals surface area (Å²) in [5.41, 5.74) is 3.16. The van der Waals surface area contributed by atoms with E-state index < -0.39 is 0 Å². The quantitative estimate of drug-likeness (QED) is 0.863. The standard InChI is InChI=1S/C15H24N2O/c1-10-7-8-11(2)13(9-10)16-12(3)14(18)17-15(4,5)6/h7-9,12,16H,1-6H3,(H,17,18)/t12-/m1/s1. The fourth-order valence-electron chi connectivity index (χ4n) is 1.67. The Morgan fingerprint density at radius 2 is 1.83 bits per heavy atom. The Morgan fingerprint density at radius 3 is 2.39 bits per heavy atom. The molecular formula is C15H24N2O. The molecule has 0 radical (unpaired) electrons. The lowest BCUT2D eigenvalue weighted by atomic mass is 10.1. The van der Waals surface area contributed by atoms with E-state index in [0.29, 0.717) is 0 Å². The van der Waals surface area contributed by atoms with Crippen LogP contribution in [-0.2, 0) is 4.79 Å². The Bertz CT molecular complexity index is 433. The summed E-state index contributed by atoms with van der Waals surface area (Å²) in [6.45, 7) is 11.9. The summed E-state index contributed by atoms with van der Waals surface area (Å²) in [5, 5.41) is 6.23. The molecule has 100 valence electrons. The molecule has 1 amide bonds. The number of rotatable bonds is 3. The van der Waals surface area contributed by atoms with Crippen LogP contribution < -0.4 is 10.6 Å². The van der Waals surface area contributed by atoms with Crippen LogP contribution in [0.4, 0.5) is 5.69 Å². The highest BCUT2D eigenvalue weighted by molar-refractivity contribution is 5.85. The van der Waals surface area contributed by atoms with Crippen LogP contribution in [0.1, 0.15) is 38.8 Å². The first kappa shape index (κ1) is 14.6. The van der Waals surface area contributed by atoms with Gasteiger partial charge in [-0.15, -0.1) is 0 Å². The minimum Gasteiger partial charge on any atom is -0.374 e. The Hall–Kier alpha value is -1.51. The van der Waals surface area contributed by atoms with Gasteiger partial charge < -0.3 is 10.6 Å². The highest BCUT2D eigenvalue weighted by atomic mass is 16.2. The van der Waals surface area contributed by atoms with Crippen LogP contribution in [0.2, 0.25) is 0 Å². The Morgan fingerprint density at radius 1 is 1.22 bits per heavy atom. The van der Waals surface area contributed by atoms with E-state index in [0.717, 1.165) is 11.3 Å². The Labute approximate surface area is 110 Å². The minimum atomic E-state index is -0.246. The van der Waals surface area contributed by atoms with Crippen molar-refractivity contribution >= 4 is 11.6 Å². The van der Waals surface area contributed by atoms with Crippen LogP contribution in [0, 0.1) is 13.8 Å². The average molecular weight is 248 g/mol. The number of anilines is 1. The van der Waals surface area contributed by atoms with Crippen LogP contribution in [0.3, 0.4) is 0 Å². The lowest BCUT2D eigenvalue weighted by molar-refractivity contribution is -0.122. The topological polar surface area (TPSA) is 41.1 Å². The van der Waals surface area contributed by atoms with Crippen LogP contribution in [0.15, 0.2) is 18.2 Å². The molecule has 0 saturated carbocycles. The maximum absolute atomic E-state index is 12.0. The smallest absolute Gasteiger partial charge is 0.242 e. The first-order valence-electron chi connectivity index (χ1n) is 6.35. The fourth-order valence-corrected chi connectivity index (χ4v) is 1.67. The van der Waals surface area contributed by atoms with E-state index >= 15 is 0 Å². The van der Waals surface area contributed by atoms with Crippen LogP contribution in [0.5, 0.6) is 0 Å². The van der Waals surface area contributed by atoms with Gasteiger partial charge in [0, 0.05) is 11.2 Å². The summed E-state index contributed by atoms with van der Waals surface area (Å²) >= 11 is 0. The van der Waals surface area contributed by atoms with E-state index in [4.69, 9.17) is 0 Å². The van der Waals surface area contributed by atoms with Crippen molar-refractivity contribution in [3.8, 4) is 0 Å². The predicted octanol–water partition coefficient (Wildman–Crippen LogP) is 3.02. The van der Waals surface area contributed by atoms with Gasteiger partial charge in [0.2, 0.25) is 5.91 Å². The van der Waals surface area contributed by atoms with Crippen LogP contribution in [0.25, 0.3) is 0 Å². The van der Waals surface area contributed by atoms with E-state index in [9.17, 15) is 4.79 Å². The molecule has 0 fully saturated rings. The van der Waals surface area contributed by atoms with E-state index in [-0.39, 0.29) is 17.5 Å². The largest absolute Gasteiger partial charge is 0.374 e. The highest BCUT2D eigenvalue weighted by Gasteiger charge is 2.19. The molecule has 1 rings (SSSR count). The molecule has 0 aliphatic heterocycles. The van der Waals surface area contributed by atoms with E-state index in [1.807, 2.05) is 41.5 Å². The molecule has 1 aromatic rings. The lowest BCUT2D eigenvalue weighted by Crippen LogP contribution is -2.47. The molecule has 3 nitrogen and oxygen atoms in total. The van der Waals surface area contributed by atoms with Crippen molar-refractivity contribution in [2.45, 2.75) is 53.1 Å². The van der Waals surface area contributed by atoms with Gasteiger partial charge in [-0.05, 0) is 58.7 Å². The molecule has 0 aromatic heterocycles. The zero-order valence-corrected chi connectivity index (χ0v) is 12.2. The van der Waals surface area contributed by atoms with Crippen molar-refractivity contribution in [2.75, 3.05) is 5.32 Å². The molecule has 18 heavy (non-hydrogen) atoms. The lowest BCUT2D eigenvalue weighted by Gasteiger charge is -2.24. The molecule has 0 saturated heterocycles. The monoisotopic (exact) mass is 248 g/mol. The minimum absolute atomic E-state index is 0.0170. The SMILES string of the molecule is Cc1ccc(C)c(N[C@H](C)C(=O)NC(C)(C)C)c1. The van der Waals surface area contributed by atoms with Crippen molar-refractivity contribution in [3.05, 3.63) is 29.3 Å². The van der Waals surface area contributed by atoms with Gasteiger partial charge in [0.15, 0.2) is 0 Å². The number of hydrogen-bond acceptors (Lipinski definition) is 2. The number of benzene rings is 1. The van der Waals surface area contributed by atoms with Crippen LogP contribution in [-0.4, -0.2) is 17.5 Å². The van der Waals surface area contributed by atoms with Gasteiger partial charge in [0.25, 0.3) is 0 Å². The molecule has 1 atom stereocenters. The van der Waals surface area contributed by atoms with Crippen molar-refractivity contribution in [1.29, 1.82) is 0 Å². The molecule has 2 N–H and O–H groups in total. The number of nitrogens with one attached hydrogen (secondary N) is 2. The second-order valence-electron chi connectivity index (χ2n) is 5.92. The molecule has 0 aliphatic carbocycles. The summed E-state index contributed by atoms with van der Waals surface area (Å²) in [7, 11) is 0. The normalized spacial score (nSPS) is 13.0. The molecule has 0 heterocycles. The highest BCUT2D eigenvalue weighted by Crippen LogP contribution is 2.17. The summed E-state index contributed by atoms with van der Waals surface area (Å²) in [4.78, 5) is 12.0. The van der Waals surface area contributed by atoms with Crippen molar-refractivity contribution in [1.82, 2.24) is 5.32 Å². The Balaban J connectivity index is 2.72. The third-order valence-corrected chi connectivity index (χ3v) is 2.66. The summed E-state index contributed by atoms with van der Waals surface area (Å²) in [6, 6.07) is 5.95. The molecule has 3 heteroatoms. The van der Waals surface area contributed by atoms with Gasteiger partial charge in [-0.25, -0.2) is 0 Å². The van der Waals surface area contributed by atoms with Crippen LogP contribution >= 0.6 is 0 Å². The maximum Gasteiger partial charge on any atom is 0.242 e. The van der Waals surface area contributed by atoms with Gasteiger partial charge >= 0.3 is 0 Å². The van der Waals surface area contributed by atoms with Crippen molar-refractivity contribution in [3.63, 3.8) is 0 Å². The summed E-state index contributed by atoms with van der Waals surface area (Å²) in [5.74, 6) is 0.0170. The molecule has 0 spiro atoms.